The summed E-state index contributed by atoms with van der Waals surface area (Å²) < 4.78 is 13.3. The van der Waals surface area contributed by atoms with Gasteiger partial charge >= 0.3 is 7.12 Å². The van der Waals surface area contributed by atoms with Crippen molar-refractivity contribution < 1.29 is 28.7 Å². The van der Waals surface area contributed by atoms with Gasteiger partial charge in [0.2, 0.25) is 17.7 Å². The van der Waals surface area contributed by atoms with Gasteiger partial charge < -0.3 is 35.1 Å². The fraction of sp³-hybridized carbons (Fsp3) is 0.722. The predicted octanol–water partition coefficient (Wildman–Crippen LogP) is 2.87. The molecule has 3 amide bonds. The van der Waals surface area contributed by atoms with Crippen LogP contribution in [-0.2, 0) is 23.7 Å². The fourth-order valence-corrected chi connectivity index (χ4v) is 8.70. The second-order valence-electron chi connectivity index (χ2n) is 16.1. The van der Waals surface area contributed by atoms with Gasteiger partial charge in [-0.2, -0.15) is 0 Å². The van der Waals surface area contributed by atoms with Crippen molar-refractivity contribution in [3.8, 4) is 0 Å². The molecule has 2 saturated heterocycles. The average Bonchev–Trinajstić information content (AvgIpc) is 3.46. The van der Waals surface area contributed by atoms with Gasteiger partial charge in [0, 0.05) is 51.3 Å². The molecule has 0 radical (unpaired) electrons. The Bertz CT molecular complexity index is 1440. The monoisotopic (exact) mass is 724 g/mol. The first kappa shape index (κ1) is 39.3. The Morgan fingerprint density at radius 1 is 1.04 bits per heavy atom. The number of piperazine rings is 1. The van der Waals surface area contributed by atoms with E-state index in [2.05, 4.69) is 67.6 Å². The molecule has 6 rings (SSSR count). The Balaban J connectivity index is 1.15. The van der Waals surface area contributed by atoms with E-state index in [-0.39, 0.29) is 61.0 Å². The Labute approximate surface area is 307 Å². The standard InChI is InChI=1S/C36H57BN8O7/c1-24(2)21-30(37-51-29-23-25-22-28(35(25,3)4)36(29,5)52-37)41-33(48)27(13-10-16-39-34(38)42-45(49)50)40-31(46)14-9-15-32(47)44-19-17-43(18-20-44)26-11-7-6-8-12-26/h6-8,11-12,24-25,27-30H,9-10,13-23H2,1-5H3,(H,40,46)(H,41,48)(H3,38,39,42)/t25-,27-,28-,29+,30-,36-/m0/s1. The van der Waals surface area contributed by atoms with E-state index in [1.165, 1.54) is 0 Å². The molecular weight excluding hydrogens is 667 g/mol. The lowest BCUT2D eigenvalue weighted by Gasteiger charge is -2.64. The summed E-state index contributed by atoms with van der Waals surface area (Å²) in [5.74, 6) is -0.419. The van der Waals surface area contributed by atoms with E-state index in [1.807, 2.05) is 23.1 Å². The number of benzene rings is 1. The second-order valence-corrected chi connectivity index (χ2v) is 16.1. The first-order valence-corrected chi connectivity index (χ1v) is 18.9. The van der Waals surface area contributed by atoms with Gasteiger partial charge in [0.05, 0.1) is 17.6 Å². The molecule has 2 aliphatic heterocycles. The molecule has 0 unspecified atom stereocenters. The van der Waals surface area contributed by atoms with Crippen LogP contribution in [0.2, 0.25) is 0 Å². The van der Waals surface area contributed by atoms with E-state index in [9.17, 15) is 24.5 Å². The largest absolute Gasteiger partial charge is 0.481 e. The number of hydrogen-bond donors (Lipinski definition) is 5. The molecule has 1 aromatic carbocycles. The zero-order valence-electron chi connectivity index (χ0n) is 31.3. The summed E-state index contributed by atoms with van der Waals surface area (Å²) in [7, 11) is -0.622. The highest BCUT2D eigenvalue weighted by Crippen LogP contribution is 2.65. The average molecular weight is 725 g/mol. The summed E-state index contributed by atoms with van der Waals surface area (Å²) in [5.41, 5.74) is 2.63. The van der Waals surface area contributed by atoms with Crippen molar-refractivity contribution in [3.05, 3.63) is 40.4 Å². The van der Waals surface area contributed by atoms with Crippen LogP contribution < -0.4 is 26.3 Å². The third kappa shape index (κ3) is 9.35. The molecule has 286 valence electrons. The maximum atomic E-state index is 13.9. The number of guanidine groups is 1. The van der Waals surface area contributed by atoms with Crippen molar-refractivity contribution in [2.75, 3.05) is 37.6 Å². The molecule has 52 heavy (non-hydrogen) atoms. The Hall–Kier alpha value is -3.92. The number of nitrogens with one attached hydrogen (secondary N) is 5. The second kappa shape index (κ2) is 16.8. The van der Waals surface area contributed by atoms with Crippen LogP contribution >= 0.6 is 0 Å². The summed E-state index contributed by atoms with van der Waals surface area (Å²) in [5, 5.41) is 26.1. The van der Waals surface area contributed by atoms with Crippen molar-refractivity contribution in [1.82, 2.24) is 26.3 Å². The molecular formula is C36H57BN8O7. The molecule has 0 spiro atoms. The van der Waals surface area contributed by atoms with Crippen LogP contribution in [0.3, 0.4) is 0 Å². The Morgan fingerprint density at radius 3 is 2.40 bits per heavy atom. The number of anilines is 1. The minimum Gasteiger partial charge on any atom is -0.404 e. The summed E-state index contributed by atoms with van der Waals surface area (Å²) >= 11 is 0. The minimum atomic E-state index is -0.908. The predicted molar refractivity (Wildman–Crippen MR) is 198 cm³/mol. The molecule has 5 N–H and O–H groups in total. The van der Waals surface area contributed by atoms with Gasteiger partial charge in [0.25, 0.3) is 5.96 Å². The summed E-state index contributed by atoms with van der Waals surface area (Å²) in [6.07, 6.45) is 3.85. The summed E-state index contributed by atoms with van der Waals surface area (Å²) in [4.78, 5) is 54.9. The van der Waals surface area contributed by atoms with Gasteiger partial charge in [-0.3, -0.25) is 19.8 Å². The quantitative estimate of drug-likeness (QED) is 0.0423. The van der Waals surface area contributed by atoms with Crippen LogP contribution in [0.1, 0.15) is 86.0 Å². The van der Waals surface area contributed by atoms with Crippen molar-refractivity contribution in [2.45, 2.75) is 110 Å². The van der Waals surface area contributed by atoms with E-state index in [0.29, 0.717) is 44.2 Å². The normalized spacial score (nSPS) is 25.7. The van der Waals surface area contributed by atoms with Crippen LogP contribution in [0.4, 0.5) is 5.69 Å². The highest BCUT2D eigenvalue weighted by molar-refractivity contribution is 6.48. The van der Waals surface area contributed by atoms with Crippen molar-refractivity contribution in [1.29, 1.82) is 5.41 Å². The smallest absolute Gasteiger partial charge is 0.404 e. The van der Waals surface area contributed by atoms with Crippen LogP contribution in [0.25, 0.3) is 0 Å². The lowest BCUT2D eigenvalue weighted by atomic mass is 9.43. The number of amides is 3. The molecule has 15 nitrogen and oxygen atoms in total. The lowest BCUT2D eigenvalue weighted by Crippen LogP contribution is -2.65. The first-order valence-electron chi connectivity index (χ1n) is 18.9. The molecule has 5 fully saturated rings. The van der Waals surface area contributed by atoms with Crippen LogP contribution in [0.5, 0.6) is 0 Å². The molecule has 16 heteroatoms. The van der Waals surface area contributed by atoms with E-state index < -0.39 is 35.7 Å². The Kier molecular flexibility index (Phi) is 12.7. The number of nitrogens with zero attached hydrogens (tertiary/aromatic N) is 3. The number of nitro groups is 1. The molecule has 0 aromatic heterocycles. The number of rotatable bonds is 16. The number of hydrazine groups is 1. The molecule has 6 atom stereocenters. The van der Waals surface area contributed by atoms with Gasteiger partial charge in [-0.05, 0) is 80.8 Å². The van der Waals surface area contributed by atoms with Gasteiger partial charge in [-0.1, -0.05) is 51.3 Å². The topological polar surface area (TPSA) is 191 Å². The van der Waals surface area contributed by atoms with Gasteiger partial charge in [0.1, 0.15) is 6.04 Å². The zero-order valence-corrected chi connectivity index (χ0v) is 31.3. The SMILES string of the molecule is CC(C)C[C@H](NC(=O)[C@H](CCCNC(=N)N[N+](=O)[O-])NC(=O)CCCC(=O)N1CCN(c2ccccc2)CC1)B1O[C@@H]2C[C@@H]3C[C@@H](C3(C)C)[C@]2(C)O1. The molecule has 3 saturated carbocycles. The van der Waals surface area contributed by atoms with E-state index in [4.69, 9.17) is 14.7 Å². The maximum absolute atomic E-state index is 13.9. The number of carbonyl (C=O) groups excluding carboxylic acids is 3. The lowest BCUT2D eigenvalue weighted by molar-refractivity contribution is -0.525. The fourth-order valence-electron chi connectivity index (χ4n) is 8.70. The van der Waals surface area contributed by atoms with Crippen LogP contribution in [0, 0.1) is 38.7 Å². The third-order valence-corrected chi connectivity index (χ3v) is 11.7. The number of para-hydroxylation sites is 1. The molecule has 1 aromatic rings. The van der Waals surface area contributed by atoms with Crippen molar-refractivity contribution in [2.24, 2.45) is 23.2 Å². The summed E-state index contributed by atoms with van der Waals surface area (Å²) in [6, 6.07) is 9.21. The van der Waals surface area contributed by atoms with Crippen molar-refractivity contribution >= 4 is 36.5 Å². The van der Waals surface area contributed by atoms with Gasteiger partial charge in [-0.25, -0.2) is 10.1 Å². The van der Waals surface area contributed by atoms with E-state index in [1.54, 1.807) is 5.43 Å². The zero-order chi connectivity index (χ0) is 37.6. The maximum Gasteiger partial charge on any atom is 0.481 e. The van der Waals surface area contributed by atoms with Gasteiger partial charge in [-0.15, -0.1) is 0 Å². The van der Waals surface area contributed by atoms with E-state index in [0.717, 1.165) is 31.6 Å². The molecule has 2 heterocycles. The molecule has 3 aliphatic carbocycles. The number of carbonyl (C=O) groups is 3. The first-order chi connectivity index (χ1) is 24.7. The number of hydrogen-bond acceptors (Lipinski definition) is 9. The minimum absolute atomic E-state index is 0.00919. The Morgan fingerprint density at radius 2 is 1.75 bits per heavy atom. The molecule has 2 bridgehead atoms. The van der Waals surface area contributed by atoms with E-state index >= 15 is 0 Å². The van der Waals surface area contributed by atoms with Crippen LogP contribution in [-0.4, -0.2) is 97.1 Å². The highest BCUT2D eigenvalue weighted by atomic mass is 16.7. The van der Waals surface area contributed by atoms with Crippen LogP contribution in [0.15, 0.2) is 30.3 Å². The molecule has 5 aliphatic rings. The highest BCUT2D eigenvalue weighted by Gasteiger charge is 2.68. The van der Waals surface area contributed by atoms with Gasteiger partial charge in [0.15, 0.2) is 5.03 Å². The summed E-state index contributed by atoms with van der Waals surface area (Å²) in [6.45, 7) is 13.8. The third-order valence-electron chi connectivity index (χ3n) is 11.7. The van der Waals surface area contributed by atoms with Crippen molar-refractivity contribution in [3.63, 3.8) is 0 Å².